The number of carbonyl (C=O) groups excluding carboxylic acids is 1. The van der Waals surface area contributed by atoms with Crippen LogP contribution in [-0.4, -0.2) is 42.3 Å². The molecule has 4 nitrogen and oxygen atoms in total. The fraction of sp³-hybridized carbons (Fsp3) is 0.923. The number of rotatable bonds is 5. The van der Waals surface area contributed by atoms with E-state index in [2.05, 4.69) is 19.2 Å². The van der Waals surface area contributed by atoms with Gasteiger partial charge in [0.25, 0.3) is 0 Å². The highest BCUT2D eigenvalue weighted by molar-refractivity contribution is 5.73. The summed E-state index contributed by atoms with van der Waals surface area (Å²) >= 11 is 0. The average Bonchev–Trinajstić information content (AvgIpc) is 2.63. The van der Waals surface area contributed by atoms with E-state index in [9.17, 15) is 9.90 Å². The number of nitrogens with one attached hydrogen (secondary N) is 1. The molecule has 0 saturated heterocycles. The second-order valence-corrected chi connectivity index (χ2v) is 5.55. The molecular formula is C13H26N2O2. The van der Waals surface area contributed by atoms with Crippen molar-refractivity contribution in [3.05, 3.63) is 0 Å². The fourth-order valence-electron chi connectivity index (χ4n) is 2.27. The van der Waals surface area contributed by atoms with Crippen LogP contribution >= 0.6 is 0 Å². The largest absolute Gasteiger partial charge is 0.393 e. The molecule has 100 valence electrons. The number of amides is 2. The Morgan fingerprint density at radius 3 is 2.71 bits per heavy atom. The molecule has 1 aliphatic carbocycles. The van der Waals surface area contributed by atoms with Crippen molar-refractivity contribution < 1.29 is 9.90 Å². The maximum absolute atomic E-state index is 11.8. The number of aliphatic hydroxyl groups excluding tert-OH is 1. The lowest BCUT2D eigenvalue weighted by molar-refractivity contribution is 0.114. The lowest BCUT2D eigenvalue weighted by Crippen LogP contribution is -2.41. The molecule has 2 atom stereocenters. The maximum Gasteiger partial charge on any atom is 0.317 e. The highest BCUT2D eigenvalue weighted by atomic mass is 16.3. The van der Waals surface area contributed by atoms with Gasteiger partial charge in [-0.1, -0.05) is 20.3 Å². The van der Waals surface area contributed by atoms with Crippen molar-refractivity contribution in [2.24, 2.45) is 11.8 Å². The van der Waals surface area contributed by atoms with E-state index in [0.717, 1.165) is 32.2 Å². The van der Waals surface area contributed by atoms with Gasteiger partial charge in [0.2, 0.25) is 0 Å². The number of hydrogen-bond donors (Lipinski definition) is 2. The molecule has 0 spiro atoms. The zero-order chi connectivity index (χ0) is 12.8. The van der Waals surface area contributed by atoms with E-state index in [4.69, 9.17) is 0 Å². The van der Waals surface area contributed by atoms with Gasteiger partial charge in [-0.3, -0.25) is 0 Å². The highest BCUT2D eigenvalue weighted by Crippen LogP contribution is 2.25. The second-order valence-electron chi connectivity index (χ2n) is 5.55. The SMILES string of the molecule is CC(C)CCNC(=O)N(C)CC1CCCC1O. The van der Waals surface area contributed by atoms with Crippen molar-refractivity contribution in [2.45, 2.75) is 45.6 Å². The zero-order valence-electron chi connectivity index (χ0n) is 11.3. The summed E-state index contributed by atoms with van der Waals surface area (Å²) in [4.78, 5) is 13.4. The predicted octanol–water partition coefficient (Wildman–Crippen LogP) is 1.83. The Kier molecular flexibility index (Phi) is 5.75. The van der Waals surface area contributed by atoms with Crippen molar-refractivity contribution in [2.75, 3.05) is 20.1 Å². The summed E-state index contributed by atoms with van der Waals surface area (Å²) in [5, 5.41) is 12.6. The Morgan fingerprint density at radius 1 is 1.47 bits per heavy atom. The number of nitrogens with zero attached hydrogens (tertiary/aromatic N) is 1. The Labute approximate surface area is 104 Å². The molecule has 2 unspecified atom stereocenters. The van der Waals surface area contributed by atoms with Crippen LogP contribution in [0.5, 0.6) is 0 Å². The van der Waals surface area contributed by atoms with Crippen molar-refractivity contribution >= 4 is 6.03 Å². The first-order chi connectivity index (χ1) is 8.00. The maximum atomic E-state index is 11.8. The minimum Gasteiger partial charge on any atom is -0.393 e. The molecule has 2 amide bonds. The third-order valence-corrected chi connectivity index (χ3v) is 3.47. The molecule has 1 saturated carbocycles. The lowest BCUT2D eigenvalue weighted by atomic mass is 10.1. The van der Waals surface area contributed by atoms with E-state index in [-0.39, 0.29) is 18.1 Å². The molecule has 0 aliphatic heterocycles. The molecule has 2 N–H and O–H groups in total. The highest BCUT2D eigenvalue weighted by Gasteiger charge is 2.27. The summed E-state index contributed by atoms with van der Waals surface area (Å²) in [7, 11) is 1.80. The third kappa shape index (κ3) is 4.94. The summed E-state index contributed by atoms with van der Waals surface area (Å²) in [6, 6.07) is -0.0234. The van der Waals surface area contributed by atoms with Crippen LogP contribution in [0.2, 0.25) is 0 Å². The Hall–Kier alpha value is -0.770. The molecule has 0 bridgehead atoms. The van der Waals surface area contributed by atoms with Crippen LogP contribution < -0.4 is 5.32 Å². The quantitative estimate of drug-likeness (QED) is 0.773. The second kappa shape index (κ2) is 6.84. The van der Waals surface area contributed by atoms with Crippen LogP contribution in [0.25, 0.3) is 0 Å². The van der Waals surface area contributed by atoms with E-state index in [1.165, 1.54) is 0 Å². The smallest absolute Gasteiger partial charge is 0.317 e. The van der Waals surface area contributed by atoms with Gasteiger partial charge in [-0.15, -0.1) is 0 Å². The normalized spacial score (nSPS) is 24.1. The molecule has 0 radical (unpaired) electrons. The zero-order valence-corrected chi connectivity index (χ0v) is 11.3. The molecule has 17 heavy (non-hydrogen) atoms. The fourth-order valence-corrected chi connectivity index (χ4v) is 2.27. The molecule has 1 rings (SSSR count). The van der Waals surface area contributed by atoms with Crippen LogP contribution in [0.15, 0.2) is 0 Å². The summed E-state index contributed by atoms with van der Waals surface area (Å²) in [6.07, 6.45) is 3.78. The lowest BCUT2D eigenvalue weighted by Gasteiger charge is -2.23. The summed E-state index contributed by atoms with van der Waals surface area (Å²) in [6.45, 7) is 5.68. The first-order valence-electron chi connectivity index (χ1n) is 6.67. The Bertz CT molecular complexity index is 244. The molecule has 0 aromatic rings. The van der Waals surface area contributed by atoms with Crippen molar-refractivity contribution in [1.82, 2.24) is 10.2 Å². The van der Waals surface area contributed by atoms with Gasteiger partial charge in [0.05, 0.1) is 6.10 Å². The summed E-state index contributed by atoms with van der Waals surface area (Å²) < 4.78 is 0. The van der Waals surface area contributed by atoms with E-state index >= 15 is 0 Å². The molecule has 0 aromatic heterocycles. The van der Waals surface area contributed by atoms with Crippen LogP contribution in [0.4, 0.5) is 4.79 Å². The molecule has 0 heterocycles. The molecule has 1 aliphatic rings. The van der Waals surface area contributed by atoms with Gasteiger partial charge < -0.3 is 15.3 Å². The topological polar surface area (TPSA) is 52.6 Å². The van der Waals surface area contributed by atoms with Crippen molar-refractivity contribution in [1.29, 1.82) is 0 Å². The Morgan fingerprint density at radius 2 is 2.18 bits per heavy atom. The summed E-state index contributed by atoms with van der Waals surface area (Å²) in [5.41, 5.74) is 0. The average molecular weight is 242 g/mol. The van der Waals surface area contributed by atoms with Crippen molar-refractivity contribution in [3.8, 4) is 0 Å². The van der Waals surface area contributed by atoms with E-state index < -0.39 is 0 Å². The van der Waals surface area contributed by atoms with E-state index in [1.807, 2.05) is 0 Å². The minimum absolute atomic E-state index is 0.0234. The molecule has 0 aromatic carbocycles. The monoisotopic (exact) mass is 242 g/mol. The number of carbonyl (C=O) groups is 1. The van der Waals surface area contributed by atoms with E-state index in [0.29, 0.717) is 12.5 Å². The predicted molar refractivity (Wildman–Crippen MR) is 68.8 cm³/mol. The van der Waals surface area contributed by atoms with Crippen LogP contribution in [-0.2, 0) is 0 Å². The third-order valence-electron chi connectivity index (χ3n) is 3.47. The van der Waals surface area contributed by atoms with Gasteiger partial charge in [-0.25, -0.2) is 4.79 Å². The Balaban J connectivity index is 2.22. The molecule has 4 heteroatoms. The van der Waals surface area contributed by atoms with E-state index in [1.54, 1.807) is 11.9 Å². The molecular weight excluding hydrogens is 216 g/mol. The van der Waals surface area contributed by atoms with Crippen LogP contribution in [0.3, 0.4) is 0 Å². The van der Waals surface area contributed by atoms with Gasteiger partial charge in [0, 0.05) is 26.1 Å². The number of urea groups is 1. The van der Waals surface area contributed by atoms with Gasteiger partial charge in [0.15, 0.2) is 0 Å². The number of hydrogen-bond acceptors (Lipinski definition) is 2. The number of aliphatic hydroxyl groups is 1. The minimum atomic E-state index is -0.221. The van der Waals surface area contributed by atoms with Gasteiger partial charge in [0.1, 0.15) is 0 Å². The van der Waals surface area contributed by atoms with Gasteiger partial charge in [-0.05, 0) is 25.2 Å². The summed E-state index contributed by atoms with van der Waals surface area (Å²) in [5.74, 6) is 0.869. The van der Waals surface area contributed by atoms with Gasteiger partial charge in [-0.2, -0.15) is 0 Å². The van der Waals surface area contributed by atoms with Crippen molar-refractivity contribution in [3.63, 3.8) is 0 Å². The first-order valence-corrected chi connectivity index (χ1v) is 6.67. The van der Waals surface area contributed by atoms with Crippen LogP contribution in [0, 0.1) is 11.8 Å². The van der Waals surface area contributed by atoms with Gasteiger partial charge >= 0.3 is 6.03 Å². The standard InChI is InChI=1S/C13H26N2O2/c1-10(2)7-8-14-13(17)15(3)9-11-5-4-6-12(11)16/h10-12,16H,4-9H2,1-3H3,(H,14,17). The molecule has 1 fully saturated rings. The first kappa shape index (κ1) is 14.3. The van der Waals surface area contributed by atoms with Crippen LogP contribution in [0.1, 0.15) is 39.5 Å².